The molecule has 2 aromatic heterocycles. The highest BCUT2D eigenvalue weighted by atomic mass is 32.1. The molecule has 1 N–H and O–H groups in total. The lowest BCUT2D eigenvalue weighted by atomic mass is 10.0. The molecule has 0 aliphatic rings. The van der Waals surface area contributed by atoms with Crippen LogP contribution in [-0.4, -0.2) is 21.9 Å². The second kappa shape index (κ2) is 7.36. The molecule has 24 heavy (non-hydrogen) atoms. The molecule has 0 aliphatic heterocycles. The molecule has 1 atom stereocenters. The van der Waals surface area contributed by atoms with E-state index in [0.717, 1.165) is 27.3 Å². The van der Waals surface area contributed by atoms with Gasteiger partial charge in [-0.05, 0) is 19.4 Å². The van der Waals surface area contributed by atoms with Crippen molar-refractivity contribution in [2.45, 2.75) is 26.3 Å². The van der Waals surface area contributed by atoms with Gasteiger partial charge >= 0.3 is 0 Å². The maximum atomic E-state index is 12.7. The van der Waals surface area contributed by atoms with Crippen molar-refractivity contribution in [1.82, 2.24) is 15.3 Å². The van der Waals surface area contributed by atoms with Gasteiger partial charge in [-0.3, -0.25) is 14.8 Å². The zero-order valence-electron chi connectivity index (χ0n) is 13.7. The number of rotatable bonds is 5. The van der Waals surface area contributed by atoms with Crippen molar-refractivity contribution in [3.63, 3.8) is 0 Å². The summed E-state index contributed by atoms with van der Waals surface area (Å²) in [5.41, 5.74) is 3.69. The van der Waals surface area contributed by atoms with E-state index in [0.29, 0.717) is 6.42 Å². The molecule has 2 heterocycles. The molecule has 0 bridgehead atoms. The highest BCUT2D eigenvalue weighted by Gasteiger charge is 2.18. The number of nitrogens with one attached hydrogen (secondary N) is 1. The van der Waals surface area contributed by atoms with Crippen LogP contribution >= 0.6 is 11.3 Å². The van der Waals surface area contributed by atoms with Crippen molar-refractivity contribution in [2.24, 2.45) is 0 Å². The number of thiophene rings is 1. The summed E-state index contributed by atoms with van der Waals surface area (Å²) >= 11 is 1.60. The predicted octanol–water partition coefficient (Wildman–Crippen LogP) is 3.87. The summed E-state index contributed by atoms with van der Waals surface area (Å²) in [5, 5.41) is 5.00. The molecule has 122 valence electrons. The van der Waals surface area contributed by atoms with Crippen LogP contribution in [0.25, 0.3) is 11.1 Å². The summed E-state index contributed by atoms with van der Waals surface area (Å²) in [6.07, 6.45) is 5.70. The molecule has 1 amide bonds. The van der Waals surface area contributed by atoms with E-state index in [-0.39, 0.29) is 11.9 Å². The van der Waals surface area contributed by atoms with Gasteiger partial charge in [0.1, 0.15) is 0 Å². The Morgan fingerprint density at radius 2 is 2.04 bits per heavy atom. The molecule has 3 aromatic rings. The van der Waals surface area contributed by atoms with Gasteiger partial charge in [0.2, 0.25) is 0 Å². The van der Waals surface area contributed by atoms with Gasteiger partial charge in [-0.2, -0.15) is 0 Å². The van der Waals surface area contributed by atoms with Gasteiger partial charge in [-0.1, -0.05) is 30.3 Å². The van der Waals surface area contributed by atoms with Crippen molar-refractivity contribution >= 4 is 17.2 Å². The van der Waals surface area contributed by atoms with Crippen LogP contribution in [0.4, 0.5) is 0 Å². The van der Waals surface area contributed by atoms with Crippen LogP contribution < -0.4 is 5.32 Å². The molecule has 0 saturated carbocycles. The first-order valence-corrected chi connectivity index (χ1v) is 8.72. The van der Waals surface area contributed by atoms with Gasteiger partial charge in [-0.15, -0.1) is 11.3 Å². The zero-order valence-corrected chi connectivity index (χ0v) is 14.5. The first-order valence-electron chi connectivity index (χ1n) is 7.84. The Kier molecular flexibility index (Phi) is 5.01. The number of aryl methyl sites for hydroxylation is 1. The Bertz CT molecular complexity index is 815. The normalized spacial score (nSPS) is 11.9. The minimum Gasteiger partial charge on any atom is -0.349 e. The van der Waals surface area contributed by atoms with Gasteiger partial charge in [0.25, 0.3) is 5.91 Å². The fourth-order valence-electron chi connectivity index (χ4n) is 2.69. The molecule has 0 radical (unpaired) electrons. The molecular weight excluding hydrogens is 318 g/mol. The summed E-state index contributed by atoms with van der Waals surface area (Å²) in [6.45, 7) is 4.03. The van der Waals surface area contributed by atoms with Crippen molar-refractivity contribution in [3.05, 3.63) is 70.4 Å². The number of carbonyl (C=O) groups is 1. The first-order chi connectivity index (χ1) is 11.6. The smallest absolute Gasteiger partial charge is 0.252 e. The number of carbonyl (C=O) groups excluding carboxylic acids is 1. The maximum Gasteiger partial charge on any atom is 0.252 e. The Morgan fingerprint density at radius 3 is 2.75 bits per heavy atom. The monoisotopic (exact) mass is 337 g/mol. The summed E-state index contributed by atoms with van der Waals surface area (Å²) in [7, 11) is 0. The van der Waals surface area contributed by atoms with Gasteiger partial charge in [0.05, 0.1) is 11.3 Å². The van der Waals surface area contributed by atoms with Crippen molar-refractivity contribution < 1.29 is 4.79 Å². The van der Waals surface area contributed by atoms with Crippen molar-refractivity contribution in [1.29, 1.82) is 0 Å². The third-order valence-electron chi connectivity index (χ3n) is 3.79. The average Bonchev–Trinajstić information content (AvgIpc) is 2.98. The third-order valence-corrected chi connectivity index (χ3v) is 4.70. The summed E-state index contributed by atoms with van der Waals surface area (Å²) < 4.78 is 0. The van der Waals surface area contributed by atoms with E-state index in [1.165, 1.54) is 0 Å². The minimum atomic E-state index is -0.0467. The predicted molar refractivity (Wildman–Crippen MR) is 97.2 cm³/mol. The highest BCUT2D eigenvalue weighted by Crippen LogP contribution is 2.32. The van der Waals surface area contributed by atoms with E-state index in [4.69, 9.17) is 0 Å². The summed E-state index contributed by atoms with van der Waals surface area (Å²) in [4.78, 5) is 22.2. The molecule has 4 nitrogen and oxygen atoms in total. The molecular formula is C19H19N3OS. The van der Waals surface area contributed by atoms with Crippen LogP contribution in [-0.2, 0) is 6.42 Å². The number of amides is 1. The molecule has 5 heteroatoms. The average molecular weight is 337 g/mol. The van der Waals surface area contributed by atoms with Crippen LogP contribution in [0.2, 0.25) is 0 Å². The van der Waals surface area contributed by atoms with Crippen LogP contribution in [0.1, 0.15) is 27.9 Å². The van der Waals surface area contributed by atoms with Crippen molar-refractivity contribution in [3.8, 4) is 11.1 Å². The van der Waals surface area contributed by atoms with Gasteiger partial charge in [-0.25, -0.2) is 0 Å². The van der Waals surface area contributed by atoms with Gasteiger partial charge < -0.3 is 5.32 Å². The van der Waals surface area contributed by atoms with E-state index < -0.39 is 0 Å². The number of hydrogen-bond acceptors (Lipinski definition) is 4. The largest absolute Gasteiger partial charge is 0.349 e. The lowest BCUT2D eigenvalue weighted by Crippen LogP contribution is -2.34. The minimum absolute atomic E-state index is 0.0157. The second-order valence-corrected chi connectivity index (χ2v) is 6.81. The fourth-order valence-corrected chi connectivity index (χ4v) is 3.55. The first kappa shape index (κ1) is 16.3. The Hall–Kier alpha value is -2.53. The maximum absolute atomic E-state index is 12.7. The lowest BCUT2D eigenvalue weighted by Gasteiger charge is -2.14. The number of benzene rings is 1. The van der Waals surface area contributed by atoms with Crippen LogP contribution in [0.15, 0.2) is 54.3 Å². The van der Waals surface area contributed by atoms with E-state index in [1.807, 2.05) is 49.6 Å². The van der Waals surface area contributed by atoms with Gasteiger partial charge in [0, 0.05) is 46.9 Å². The molecule has 0 fully saturated rings. The van der Waals surface area contributed by atoms with Gasteiger partial charge in [0.15, 0.2) is 0 Å². The number of hydrogen-bond donors (Lipinski definition) is 1. The number of nitrogens with zero attached hydrogens (tertiary/aromatic N) is 2. The highest BCUT2D eigenvalue weighted by molar-refractivity contribution is 7.10. The standard InChI is InChI=1S/C19H19N3OS/c1-13(10-16-11-20-8-9-21-16)22-19(23)17-12-24-14(2)18(17)15-6-4-3-5-7-15/h3-9,11-13H,10H2,1-2H3,(H,22,23). The van der Waals surface area contributed by atoms with Crippen LogP contribution in [0, 0.1) is 6.92 Å². The van der Waals surface area contributed by atoms with Crippen LogP contribution in [0.5, 0.6) is 0 Å². The third kappa shape index (κ3) is 3.68. The molecule has 0 aliphatic carbocycles. The van der Waals surface area contributed by atoms with E-state index in [2.05, 4.69) is 15.3 Å². The lowest BCUT2D eigenvalue weighted by molar-refractivity contribution is 0.0941. The van der Waals surface area contributed by atoms with E-state index in [9.17, 15) is 4.79 Å². The summed E-state index contributed by atoms with van der Waals surface area (Å²) in [6, 6.07) is 10.0. The van der Waals surface area contributed by atoms with E-state index in [1.54, 1.807) is 29.9 Å². The summed E-state index contributed by atoms with van der Waals surface area (Å²) in [5.74, 6) is -0.0467. The molecule has 0 saturated heterocycles. The molecule has 3 rings (SSSR count). The molecule has 0 spiro atoms. The fraction of sp³-hybridized carbons (Fsp3) is 0.211. The Labute approximate surface area is 145 Å². The topological polar surface area (TPSA) is 54.9 Å². The SMILES string of the molecule is Cc1scc(C(=O)NC(C)Cc2cnccn2)c1-c1ccccc1. The molecule has 1 unspecified atom stereocenters. The molecule has 1 aromatic carbocycles. The van der Waals surface area contributed by atoms with E-state index >= 15 is 0 Å². The van der Waals surface area contributed by atoms with Crippen molar-refractivity contribution in [2.75, 3.05) is 0 Å². The Morgan fingerprint density at radius 1 is 1.25 bits per heavy atom. The number of aromatic nitrogens is 2. The zero-order chi connectivity index (χ0) is 16.9. The quantitative estimate of drug-likeness (QED) is 0.769. The second-order valence-electron chi connectivity index (χ2n) is 5.72. The Balaban J connectivity index is 1.76. The van der Waals surface area contributed by atoms with Crippen LogP contribution in [0.3, 0.4) is 0 Å².